The van der Waals surface area contributed by atoms with Crippen LogP contribution in [-0.2, 0) is 11.2 Å². The fourth-order valence-corrected chi connectivity index (χ4v) is 2.93. The first kappa shape index (κ1) is 17.1. The van der Waals surface area contributed by atoms with Gasteiger partial charge in [-0.05, 0) is 30.2 Å². The summed E-state index contributed by atoms with van der Waals surface area (Å²) in [4.78, 5) is 24.4. The van der Waals surface area contributed by atoms with Crippen molar-refractivity contribution in [2.24, 2.45) is 0 Å². The Hall–Kier alpha value is -2.69. The number of aromatic nitrogens is 3. The number of imidazole rings is 1. The van der Waals surface area contributed by atoms with Crippen molar-refractivity contribution in [1.29, 1.82) is 0 Å². The number of nitrogens with one attached hydrogen (secondary N) is 2. The molecule has 0 aliphatic heterocycles. The summed E-state index contributed by atoms with van der Waals surface area (Å²) in [6.07, 6.45) is 7.72. The molecule has 2 heterocycles. The highest BCUT2D eigenvalue weighted by Gasteiger charge is 2.15. The lowest BCUT2D eigenvalue weighted by molar-refractivity contribution is -0.121. The minimum atomic E-state index is 0.0248. The second kappa shape index (κ2) is 8.42. The summed E-state index contributed by atoms with van der Waals surface area (Å²) >= 11 is 0. The topological polar surface area (TPSA) is 70.7 Å². The Morgan fingerprint density at radius 2 is 2.12 bits per heavy atom. The third-order valence-corrected chi connectivity index (χ3v) is 4.30. The van der Waals surface area contributed by atoms with Gasteiger partial charge in [0, 0.05) is 25.2 Å². The summed E-state index contributed by atoms with van der Waals surface area (Å²) < 4.78 is 0. The Morgan fingerprint density at radius 3 is 2.88 bits per heavy atom. The van der Waals surface area contributed by atoms with Crippen molar-refractivity contribution in [3.8, 4) is 0 Å². The average molecular weight is 336 g/mol. The van der Waals surface area contributed by atoms with Gasteiger partial charge in [0.05, 0.1) is 17.1 Å². The second-order valence-corrected chi connectivity index (χ2v) is 6.25. The molecule has 1 aromatic carbocycles. The smallest absolute Gasteiger partial charge is 0.220 e. The van der Waals surface area contributed by atoms with Crippen LogP contribution in [0.25, 0.3) is 11.0 Å². The SMILES string of the molecule is CCCC[C@@H](NC(=O)CCc1nc2ccccc2[nH]1)c1cccnc1. The molecule has 0 saturated heterocycles. The number of aromatic amines is 1. The molecule has 0 aliphatic rings. The number of rotatable bonds is 8. The lowest BCUT2D eigenvalue weighted by Gasteiger charge is -2.18. The van der Waals surface area contributed by atoms with Gasteiger partial charge in [0.15, 0.2) is 0 Å². The molecule has 3 rings (SSSR count). The largest absolute Gasteiger partial charge is 0.349 e. The molecule has 2 aromatic heterocycles. The van der Waals surface area contributed by atoms with Gasteiger partial charge in [0.2, 0.25) is 5.91 Å². The minimum absolute atomic E-state index is 0.0248. The van der Waals surface area contributed by atoms with Crippen LogP contribution in [0.2, 0.25) is 0 Å². The Balaban J connectivity index is 1.59. The number of H-pyrrole nitrogens is 1. The molecule has 2 N–H and O–H groups in total. The van der Waals surface area contributed by atoms with E-state index in [0.29, 0.717) is 12.8 Å². The molecule has 0 bridgehead atoms. The molecule has 0 saturated carbocycles. The molecule has 25 heavy (non-hydrogen) atoms. The molecule has 1 amide bonds. The summed E-state index contributed by atoms with van der Waals surface area (Å²) in [7, 11) is 0. The second-order valence-electron chi connectivity index (χ2n) is 6.25. The molecular weight excluding hydrogens is 312 g/mol. The fraction of sp³-hybridized carbons (Fsp3) is 0.350. The molecular formula is C20H24N4O. The van der Waals surface area contributed by atoms with Gasteiger partial charge >= 0.3 is 0 Å². The van der Waals surface area contributed by atoms with E-state index >= 15 is 0 Å². The maximum Gasteiger partial charge on any atom is 0.220 e. The number of amides is 1. The van der Waals surface area contributed by atoms with E-state index in [9.17, 15) is 4.79 Å². The predicted octanol–water partition coefficient (Wildman–Crippen LogP) is 3.94. The number of carbonyl (C=O) groups is 1. The lowest BCUT2D eigenvalue weighted by Crippen LogP contribution is -2.29. The summed E-state index contributed by atoms with van der Waals surface area (Å²) in [5.74, 6) is 0.897. The van der Waals surface area contributed by atoms with Crippen LogP contribution >= 0.6 is 0 Å². The van der Waals surface area contributed by atoms with Crippen LogP contribution in [0.3, 0.4) is 0 Å². The molecule has 3 aromatic rings. The van der Waals surface area contributed by atoms with E-state index in [4.69, 9.17) is 0 Å². The average Bonchev–Trinajstić information content (AvgIpc) is 3.07. The zero-order valence-electron chi connectivity index (χ0n) is 14.5. The van der Waals surface area contributed by atoms with Gasteiger partial charge in [-0.3, -0.25) is 9.78 Å². The first-order chi connectivity index (χ1) is 12.3. The van der Waals surface area contributed by atoms with Crippen LogP contribution < -0.4 is 5.32 Å². The minimum Gasteiger partial charge on any atom is -0.349 e. The number of aryl methyl sites for hydroxylation is 1. The Kier molecular flexibility index (Phi) is 5.77. The van der Waals surface area contributed by atoms with Crippen molar-refractivity contribution in [2.75, 3.05) is 0 Å². The standard InChI is InChI=1S/C20H24N4O/c1-2-3-8-16(15-7-6-13-21-14-15)24-20(25)12-11-19-22-17-9-4-5-10-18(17)23-19/h4-7,9-10,13-14,16H,2-3,8,11-12H2,1H3,(H,22,23)(H,24,25)/t16-/m1/s1. The van der Waals surface area contributed by atoms with Gasteiger partial charge < -0.3 is 10.3 Å². The van der Waals surface area contributed by atoms with Gasteiger partial charge in [-0.25, -0.2) is 4.98 Å². The van der Waals surface area contributed by atoms with E-state index in [0.717, 1.165) is 41.7 Å². The van der Waals surface area contributed by atoms with Crippen LogP contribution in [0.5, 0.6) is 0 Å². The van der Waals surface area contributed by atoms with E-state index in [1.807, 2.05) is 42.6 Å². The molecule has 0 radical (unpaired) electrons. The Labute approximate surface area is 147 Å². The number of fused-ring (bicyclic) bond motifs is 1. The number of pyridine rings is 1. The number of hydrogen-bond donors (Lipinski definition) is 2. The summed E-state index contributed by atoms with van der Waals surface area (Å²) in [6, 6.07) is 11.9. The molecule has 0 fully saturated rings. The third-order valence-electron chi connectivity index (χ3n) is 4.30. The third kappa shape index (κ3) is 4.66. The normalized spacial score (nSPS) is 12.2. The Bertz CT molecular complexity index is 780. The zero-order valence-corrected chi connectivity index (χ0v) is 14.5. The van der Waals surface area contributed by atoms with Gasteiger partial charge in [-0.1, -0.05) is 38.0 Å². The number of para-hydroxylation sites is 2. The van der Waals surface area contributed by atoms with Gasteiger partial charge in [0.25, 0.3) is 0 Å². The van der Waals surface area contributed by atoms with Crippen LogP contribution in [0, 0.1) is 0 Å². The van der Waals surface area contributed by atoms with Crippen molar-refractivity contribution in [1.82, 2.24) is 20.3 Å². The predicted molar refractivity (Wildman–Crippen MR) is 99.1 cm³/mol. The lowest BCUT2D eigenvalue weighted by atomic mass is 10.0. The quantitative estimate of drug-likeness (QED) is 0.654. The van der Waals surface area contributed by atoms with E-state index in [1.54, 1.807) is 6.20 Å². The van der Waals surface area contributed by atoms with E-state index in [-0.39, 0.29) is 11.9 Å². The maximum atomic E-state index is 12.4. The van der Waals surface area contributed by atoms with Crippen LogP contribution in [0.4, 0.5) is 0 Å². The Morgan fingerprint density at radius 1 is 1.24 bits per heavy atom. The molecule has 5 nitrogen and oxygen atoms in total. The highest BCUT2D eigenvalue weighted by molar-refractivity contribution is 5.77. The highest BCUT2D eigenvalue weighted by Crippen LogP contribution is 2.19. The number of benzene rings is 1. The van der Waals surface area contributed by atoms with Crippen molar-refractivity contribution in [3.05, 3.63) is 60.2 Å². The van der Waals surface area contributed by atoms with Gasteiger partial charge in [0.1, 0.15) is 5.82 Å². The van der Waals surface area contributed by atoms with Crippen molar-refractivity contribution >= 4 is 16.9 Å². The summed E-state index contributed by atoms with van der Waals surface area (Å²) in [5.41, 5.74) is 3.01. The van der Waals surface area contributed by atoms with E-state index < -0.39 is 0 Å². The zero-order chi connectivity index (χ0) is 17.5. The van der Waals surface area contributed by atoms with Gasteiger partial charge in [-0.15, -0.1) is 0 Å². The molecule has 1 atom stereocenters. The summed E-state index contributed by atoms with van der Waals surface area (Å²) in [6.45, 7) is 2.16. The van der Waals surface area contributed by atoms with Crippen LogP contribution in [-0.4, -0.2) is 20.9 Å². The molecule has 0 aliphatic carbocycles. The monoisotopic (exact) mass is 336 g/mol. The first-order valence-corrected chi connectivity index (χ1v) is 8.89. The molecule has 0 unspecified atom stereocenters. The maximum absolute atomic E-state index is 12.4. The van der Waals surface area contributed by atoms with Crippen LogP contribution in [0.1, 0.15) is 50.0 Å². The van der Waals surface area contributed by atoms with Crippen molar-refractivity contribution < 1.29 is 4.79 Å². The fourth-order valence-electron chi connectivity index (χ4n) is 2.93. The number of carbonyl (C=O) groups excluding carboxylic acids is 1. The first-order valence-electron chi connectivity index (χ1n) is 8.89. The number of unbranched alkanes of at least 4 members (excludes halogenated alkanes) is 1. The van der Waals surface area contributed by atoms with Crippen molar-refractivity contribution in [3.63, 3.8) is 0 Å². The van der Waals surface area contributed by atoms with Gasteiger partial charge in [-0.2, -0.15) is 0 Å². The molecule has 0 spiro atoms. The highest BCUT2D eigenvalue weighted by atomic mass is 16.1. The number of nitrogens with zero attached hydrogens (tertiary/aromatic N) is 2. The number of hydrogen-bond acceptors (Lipinski definition) is 3. The van der Waals surface area contributed by atoms with E-state index in [1.165, 1.54) is 0 Å². The summed E-state index contributed by atoms with van der Waals surface area (Å²) in [5, 5.41) is 3.15. The molecule has 5 heteroatoms. The van der Waals surface area contributed by atoms with Crippen molar-refractivity contribution in [2.45, 2.75) is 45.1 Å². The molecule has 130 valence electrons. The van der Waals surface area contributed by atoms with E-state index in [2.05, 4.69) is 27.2 Å². The van der Waals surface area contributed by atoms with Crippen LogP contribution in [0.15, 0.2) is 48.8 Å².